The van der Waals surface area contributed by atoms with Crippen molar-refractivity contribution in [1.82, 2.24) is 14.9 Å². The molecule has 0 bridgehead atoms. The smallest absolute Gasteiger partial charge is 0.262 e. The zero-order chi connectivity index (χ0) is 18.9. The summed E-state index contributed by atoms with van der Waals surface area (Å²) in [6.45, 7) is 8.29. The number of nitrogens with zero attached hydrogens (tertiary/aromatic N) is 2. The molecule has 7 heteroatoms. The number of aromatic nitrogens is 2. The molecule has 1 N–H and O–H groups in total. The minimum atomic E-state index is -0.335. The molecule has 0 saturated carbocycles. The van der Waals surface area contributed by atoms with Gasteiger partial charge in [-0.2, -0.15) is 0 Å². The first kappa shape index (κ1) is 20.5. The second kappa shape index (κ2) is 10.3. The largest absolute Gasteiger partial charge is 0.382 e. The van der Waals surface area contributed by atoms with Crippen LogP contribution in [0.4, 0.5) is 0 Å². The first-order valence-electron chi connectivity index (χ1n) is 9.10. The lowest BCUT2D eigenvalue weighted by atomic mass is 10.2. The number of ether oxygens (including phenoxy) is 1. The Morgan fingerprint density at radius 1 is 1.35 bits per heavy atom. The van der Waals surface area contributed by atoms with Gasteiger partial charge in [0.15, 0.2) is 5.16 Å². The number of hydrogen-bond acceptors (Lipinski definition) is 5. The predicted octanol–water partition coefficient (Wildman–Crippen LogP) is 2.83. The SMILES string of the molecule is CCCn1c(SC(C)C(=O)NCCCOCC)nc2ccccc2c1=O. The Morgan fingerprint density at radius 3 is 2.85 bits per heavy atom. The fraction of sp³-hybridized carbons (Fsp3) is 0.526. The van der Waals surface area contributed by atoms with Crippen LogP contribution in [0, 0.1) is 0 Å². The molecule has 6 nitrogen and oxygen atoms in total. The highest BCUT2D eigenvalue weighted by molar-refractivity contribution is 8.00. The summed E-state index contributed by atoms with van der Waals surface area (Å²) in [5.41, 5.74) is 0.612. The predicted molar refractivity (Wildman–Crippen MR) is 106 cm³/mol. The molecule has 0 aliphatic heterocycles. The first-order chi connectivity index (χ1) is 12.6. The molecular formula is C19H27N3O3S. The van der Waals surface area contributed by atoms with Gasteiger partial charge < -0.3 is 10.1 Å². The van der Waals surface area contributed by atoms with Crippen molar-refractivity contribution in [2.24, 2.45) is 0 Å². The number of nitrogens with one attached hydrogen (secondary N) is 1. The highest BCUT2D eigenvalue weighted by Gasteiger charge is 2.18. The molecule has 1 aromatic heterocycles. The molecule has 1 atom stereocenters. The van der Waals surface area contributed by atoms with Gasteiger partial charge in [-0.25, -0.2) is 4.98 Å². The molecule has 1 heterocycles. The van der Waals surface area contributed by atoms with E-state index in [9.17, 15) is 9.59 Å². The van der Waals surface area contributed by atoms with Crippen LogP contribution in [-0.2, 0) is 16.1 Å². The maximum Gasteiger partial charge on any atom is 0.262 e. The van der Waals surface area contributed by atoms with E-state index in [0.717, 1.165) is 12.8 Å². The molecule has 2 rings (SSSR count). The summed E-state index contributed by atoms with van der Waals surface area (Å²) in [4.78, 5) is 29.7. The fourth-order valence-electron chi connectivity index (χ4n) is 2.54. The second-order valence-electron chi connectivity index (χ2n) is 5.97. The summed E-state index contributed by atoms with van der Waals surface area (Å²) in [5.74, 6) is -0.0584. The van der Waals surface area contributed by atoms with Crippen LogP contribution < -0.4 is 10.9 Å². The molecule has 2 aromatic rings. The van der Waals surface area contributed by atoms with E-state index < -0.39 is 0 Å². The molecule has 0 aliphatic rings. The highest BCUT2D eigenvalue weighted by atomic mass is 32.2. The van der Waals surface area contributed by atoms with Gasteiger partial charge in [-0.1, -0.05) is 30.8 Å². The minimum absolute atomic E-state index is 0.0516. The summed E-state index contributed by atoms with van der Waals surface area (Å²) in [6, 6.07) is 7.32. The van der Waals surface area contributed by atoms with Gasteiger partial charge >= 0.3 is 0 Å². The average Bonchev–Trinajstić information content (AvgIpc) is 2.64. The maximum atomic E-state index is 12.8. The van der Waals surface area contributed by atoms with E-state index in [4.69, 9.17) is 4.74 Å². The van der Waals surface area contributed by atoms with E-state index in [1.54, 1.807) is 10.6 Å². The van der Waals surface area contributed by atoms with Crippen LogP contribution in [0.1, 0.15) is 33.6 Å². The van der Waals surface area contributed by atoms with Gasteiger partial charge in [0, 0.05) is 26.3 Å². The van der Waals surface area contributed by atoms with Crippen molar-refractivity contribution in [3.8, 4) is 0 Å². The molecule has 1 amide bonds. The Labute approximate surface area is 158 Å². The highest BCUT2D eigenvalue weighted by Crippen LogP contribution is 2.22. The monoisotopic (exact) mass is 377 g/mol. The normalized spacial score (nSPS) is 12.3. The Morgan fingerprint density at radius 2 is 2.12 bits per heavy atom. The summed E-state index contributed by atoms with van der Waals surface area (Å²) < 4.78 is 6.94. The Bertz CT molecular complexity index is 791. The number of thioether (sulfide) groups is 1. The van der Waals surface area contributed by atoms with E-state index in [0.29, 0.717) is 42.4 Å². The molecular weight excluding hydrogens is 350 g/mol. The third-order valence-corrected chi connectivity index (χ3v) is 4.98. The van der Waals surface area contributed by atoms with Gasteiger partial charge in [0.05, 0.1) is 16.2 Å². The second-order valence-corrected chi connectivity index (χ2v) is 7.28. The van der Waals surface area contributed by atoms with Gasteiger partial charge in [-0.3, -0.25) is 14.2 Å². The maximum absolute atomic E-state index is 12.8. The molecule has 1 aromatic carbocycles. The minimum Gasteiger partial charge on any atom is -0.382 e. The van der Waals surface area contributed by atoms with Crippen LogP contribution in [0.5, 0.6) is 0 Å². The molecule has 0 spiro atoms. The topological polar surface area (TPSA) is 73.2 Å². The summed E-state index contributed by atoms with van der Waals surface area (Å²) in [5, 5.41) is 3.77. The van der Waals surface area contributed by atoms with Gasteiger partial charge in [0.1, 0.15) is 0 Å². The van der Waals surface area contributed by atoms with Gasteiger partial charge in [0.25, 0.3) is 5.56 Å². The standard InChI is InChI=1S/C19H27N3O3S/c1-4-12-22-18(24)15-9-6-7-10-16(15)21-19(22)26-14(3)17(23)20-11-8-13-25-5-2/h6-7,9-10,14H,4-5,8,11-13H2,1-3H3,(H,20,23). The third kappa shape index (κ3) is 5.32. The number of hydrogen-bond donors (Lipinski definition) is 1. The lowest BCUT2D eigenvalue weighted by Gasteiger charge is -2.16. The number of carbonyl (C=O) groups excluding carboxylic acids is 1. The van der Waals surface area contributed by atoms with Gasteiger partial charge in [0.2, 0.25) is 5.91 Å². The van der Waals surface area contributed by atoms with Crippen molar-refractivity contribution in [2.75, 3.05) is 19.8 Å². The van der Waals surface area contributed by atoms with E-state index in [1.807, 2.05) is 39.0 Å². The third-order valence-electron chi connectivity index (χ3n) is 3.89. The molecule has 0 fully saturated rings. The molecule has 0 radical (unpaired) electrons. The quantitative estimate of drug-likeness (QED) is 0.392. The van der Waals surface area contributed by atoms with Crippen LogP contribution in [0.2, 0.25) is 0 Å². The van der Waals surface area contributed by atoms with Crippen LogP contribution in [0.25, 0.3) is 10.9 Å². The molecule has 0 saturated heterocycles. The summed E-state index contributed by atoms with van der Waals surface area (Å²) in [7, 11) is 0. The number of amides is 1. The number of benzene rings is 1. The zero-order valence-electron chi connectivity index (χ0n) is 15.7. The van der Waals surface area contributed by atoms with E-state index in [1.165, 1.54) is 11.8 Å². The molecule has 1 unspecified atom stereocenters. The van der Waals surface area contributed by atoms with E-state index in [-0.39, 0.29) is 16.7 Å². The van der Waals surface area contributed by atoms with E-state index >= 15 is 0 Å². The lowest BCUT2D eigenvalue weighted by Crippen LogP contribution is -2.33. The van der Waals surface area contributed by atoms with Crippen LogP contribution in [0.15, 0.2) is 34.2 Å². The van der Waals surface area contributed by atoms with Crippen LogP contribution in [0.3, 0.4) is 0 Å². The van der Waals surface area contributed by atoms with Crippen molar-refractivity contribution in [3.05, 3.63) is 34.6 Å². The number of para-hydroxylation sites is 1. The number of fused-ring (bicyclic) bond motifs is 1. The zero-order valence-corrected chi connectivity index (χ0v) is 16.5. The summed E-state index contributed by atoms with van der Waals surface area (Å²) in [6.07, 6.45) is 1.61. The fourth-order valence-corrected chi connectivity index (χ4v) is 3.50. The Hall–Kier alpha value is -1.86. The van der Waals surface area contributed by atoms with Crippen LogP contribution in [-0.4, -0.2) is 40.5 Å². The Kier molecular flexibility index (Phi) is 8.12. The van der Waals surface area contributed by atoms with Crippen molar-refractivity contribution in [1.29, 1.82) is 0 Å². The van der Waals surface area contributed by atoms with E-state index in [2.05, 4.69) is 10.3 Å². The van der Waals surface area contributed by atoms with Gasteiger partial charge in [-0.05, 0) is 38.8 Å². The molecule has 26 heavy (non-hydrogen) atoms. The first-order valence-corrected chi connectivity index (χ1v) is 9.98. The van der Waals surface area contributed by atoms with Crippen molar-refractivity contribution in [3.63, 3.8) is 0 Å². The Balaban J connectivity index is 2.12. The number of carbonyl (C=O) groups is 1. The van der Waals surface area contributed by atoms with Crippen molar-refractivity contribution in [2.45, 2.75) is 50.6 Å². The number of rotatable bonds is 10. The lowest BCUT2D eigenvalue weighted by molar-refractivity contribution is -0.120. The molecule has 0 aliphatic carbocycles. The van der Waals surface area contributed by atoms with Crippen LogP contribution >= 0.6 is 11.8 Å². The van der Waals surface area contributed by atoms with Crippen molar-refractivity contribution >= 4 is 28.6 Å². The van der Waals surface area contributed by atoms with Gasteiger partial charge in [-0.15, -0.1) is 0 Å². The molecule has 142 valence electrons. The summed E-state index contributed by atoms with van der Waals surface area (Å²) >= 11 is 1.32. The van der Waals surface area contributed by atoms with Crippen molar-refractivity contribution < 1.29 is 9.53 Å². The average molecular weight is 378 g/mol.